The lowest BCUT2D eigenvalue weighted by Gasteiger charge is -2.12. The van der Waals surface area contributed by atoms with Gasteiger partial charge in [-0.2, -0.15) is 0 Å². The van der Waals surface area contributed by atoms with Crippen LogP contribution in [0, 0.1) is 0 Å². The van der Waals surface area contributed by atoms with Gasteiger partial charge in [-0.25, -0.2) is 8.42 Å². The van der Waals surface area contributed by atoms with Crippen LogP contribution in [0.5, 0.6) is 0 Å². The fraction of sp³-hybridized carbons (Fsp3) is 0.462. The van der Waals surface area contributed by atoms with Gasteiger partial charge in [0.25, 0.3) is 5.91 Å². The van der Waals surface area contributed by atoms with E-state index in [1.54, 1.807) is 0 Å². The van der Waals surface area contributed by atoms with Crippen LogP contribution in [0.25, 0.3) is 0 Å². The second-order valence-corrected chi connectivity index (χ2v) is 7.07. The molecule has 0 aromatic heterocycles. The normalized spacial score (nSPS) is 18.5. The number of benzene rings is 1. The summed E-state index contributed by atoms with van der Waals surface area (Å²) in [6, 6.07) is 4.39. The molecule has 1 aromatic rings. The molecule has 116 valence electrons. The van der Waals surface area contributed by atoms with E-state index in [1.165, 1.54) is 18.2 Å². The molecule has 1 amide bonds. The number of rotatable bonds is 5. The number of ether oxygens (including phenoxy) is 1. The van der Waals surface area contributed by atoms with E-state index in [0.717, 1.165) is 25.7 Å². The van der Waals surface area contributed by atoms with E-state index in [9.17, 15) is 13.2 Å². The number of nitrogens with one attached hydrogen (secondary N) is 2. The van der Waals surface area contributed by atoms with Crippen molar-refractivity contribution in [3.8, 4) is 0 Å². The second-order valence-electron chi connectivity index (χ2n) is 4.91. The Balaban J connectivity index is 2.00. The minimum Gasteiger partial charge on any atom is -0.376 e. The third kappa shape index (κ3) is 4.87. The summed E-state index contributed by atoms with van der Waals surface area (Å²) >= 11 is 6.02. The highest BCUT2D eigenvalue weighted by molar-refractivity contribution is 7.92. The van der Waals surface area contributed by atoms with E-state index in [0.29, 0.717) is 17.8 Å². The quantitative estimate of drug-likeness (QED) is 0.858. The maximum Gasteiger partial charge on any atom is 0.252 e. The summed E-state index contributed by atoms with van der Waals surface area (Å²) in [7, 11) is -3.37. The first-order valence-electron chi connectivity index (χ1n) is 6.52. The van der Waals surface area contributed by atoms with E-state index in [-0.39, 0.29) is 17.0 Å². The Kier molecular flexibility index (Phi) is 5.08. The van der Waals surface area contributed by atoms with Crippen molar-refractivity contribution < 1.29 is 17.9 Å². The van der Waals surface area contributed by atoms with Gasteiger partial charge in [0.05, 0.1) is 22.9 Å². The molecule has 6 nitrogen and oxygen atoms in total. The van der Waals surface area contributed by atoms with Gasteiger partial charge in [-0.05, 0) is 31.0 Å². The van der Waals surface area contributed by atoms with Crippen molar-refractivity contribution in [2.24, 2.45) is 0 Å². The minimum atomic E-state index is -3.37. The zero-order valence-electron chi connectivity index (χ0n) is 11.6. The Morgan fingerprint density at radius 3 is 2.81 bits per heavy atom. The molecule has 0 radical (unpaired) electrons. The van der Waals surface area contributed by atoms with Gasteiger partial charge in [-0.15, -0.1) is 0 Å². The molecule has 1 aromatic carbocycles. The Morgan fingerprint density at radius 2 is 2.24 bits per heavy atom. The van der Waals surface area contributed by atoms with Crippen molar-refractivity contribution in [1.82, 2.24) is 5.32 Å². The zero-order valence-corrected chi connectivity index (χ0v) is 13.1. The Hall–Kier alpha value is -1.31. The van der Waals surface area contributed by atoms with Crippen LogP contribution in [0.15, 0.2) is 18.2 Å². The molecule has 0 bridgehead atoms. The third-order valence-corrected chi connectivity index (χ3v) is 3.95. The lowest BCUT2D eigenvalue weighted by Crippen LogP contribution is -2.31. The fourth-order valence-electron chi connectivity index (χ4n) is 2.08. The summed E-state index contributed by atoms with van der Waals surface area (Å²) in [5.41, 5.74) is 0.617. The minimum absolute atomic E-state index is 0.0545. The molecular formula is C13H17ClN2O4S. The number of hydrogen-bond donors (Lipinski definition) is 2. The highest BCUT2D eigenvalue weighted by atomic mass is 35.5. The number of hydrogen-bond acceptors (Lipinski definition) is 4. The van der Waals surface area contributed by atoms with E-state index in [1.807, 2.05) is 0 Å². The molecular weight excluding hydrogens is 316 g/mol. The van der Waals surface area contributed by atoms with E-state index in [4.69, 9.17) is 16.3 Å². The molecule has 0 unspecified atom stereocenters. The zero-order chi connectivity index (χ0) is 15.5. The molecule has 2 rings (SSSR count). The summed E-state index contributed by atoms with van der Waals surface area (Å²) in [6.07, 6.45) is 3.04. The van der Waals surface area contributed by atoms with Crippen LogP contribution in [-0.2, 0) is 14.8 Å². The highest BCUT2D eigenvalue weighted by Crippen LogP contribution is 2.21. The predicted molar refractivity (Wildman–Crippen MR) is 81.2 cm³/mol. The Bertz CT molecular complexity index is 627. The molecule has 2 N–H and O–H groups in total. The summed E-state index contributed by atoms with van der Waals surface area (Å²) in [5.74, 6) is -0.304. The fourth-order valence-corrected chi connectivity index (χ4v) is 2.91. The Labute approximate surface area is 128 Å². The Morgan fingerprint density at radius 1 is 1.48 bits per heavy atom. The highest BCUT2D eigenvalue weighted by Gasteiger charge is 2.18. The van der Waals surface area contributed by atoms with Gasteiger partial charge in [0.15, 0.2) is 0 Å². The number of carbonyl (C=O) groups is 1. The van der Waals surface area contributed by atoms with Crippen molar-refractivity contribution in [3.05, 3.63) is 28.8 Å². The lowest BCUT2D eigenvalue weighted by molar-refractivity contribution is 0.0858. The van der Waals surface area contributed by atoms with Gasteiger partial charge in [0.2, 0.25) is 10.0 Å². The number of carbonyl (C=O) groups excluding carboxylic acids is 1. The molecule has 0 aliphatic carbocycles. The van der Waals surface area contributed by atoms with Crippen LogP contribution in [0.3, 0.4) is 0 Å². The van der Waals surface area contributed by atoms with Gasteiger partial charge >= 0.3 is 0 Å². The van der Waals surface area contributed by atoms with Crippen molar-refractivity contribution in [1.29, 1.82) is 0 Å². The van der Waals surface area contributed by atoms with Crippen LogP contribution in [0.2, 0.25) is 5.02 Å². The van der Waals surface area contributed by atoms with E-state index < -0.39 is 10.0 Å². The van der Waals surface area contributed by atoms with Crippen molar-refractivity contribution >= 4 is 33.2 Å². The van der Waals surface area contributed by atoms with Crippen molar-refractivity contribution in [2.75, 3.05) is 24.1 Å². The van der Waals surface area contributed by atoms with Crippen LogP contribution in [-0.4, -0.2) is 39.8 Å². The van der Waals surface area contributed by atoms with Gasteiger partial charge in [-0.3, -0.25) is 9.52 Å². The molecule has 1 aliphatic heterocycles. The average molecular weight is 333 g/mol. The first-order chi connectivity index (χ1) is 9.85. The van der Waals surface area contributed by atoms with E-state index >= 15 is 0 Å². The maximum absolute atomic E-state index is 12.0. The first-order valence-corrected chi connectivity index (χ1v) is 8.79. The maximum atomic E-state index is 12.0. The number of halogens is 1. The molecule has 8 heteroatoms. The molecule has 21 heavy (non-hydrogen) atoms. The monoisotopic (exact) mass is 332 g/mol. The van der Waals surface area contributed by atoms with Crippen molar-refractivity contribution in [2.45, 2.75) is 18.9 Å². The summed E-state index contributed by atoms with van der Waals surface area (Å²) < 4.78 is 30.0. The van der Waals surface area contributed by atoms with Crippen LogP contribution < -0.4 is 10.0 Å². The van der Waals surface area contributed by atoms with E-state index in [2.05, 4.69) is 10.0 Å². The largest absolute Gasteiger partial charge is 0.376 e. The average Bonchev–Trinajstić information content (AvgIpc) is 2.87. The SMILES string of the molecule is CS(=O)(=O)Nc1ccc(C(=O)NC[C@@H]2CCCO2)c(Cl)c1. The second kappa shape index (κ2) is 6.64. The van der Waals surface area contributed by atoms with Gasteiger partial charge in [0, 0.05) is 18.8 Å². The van der Waals surface area contributed by atoms with Gasteiger partial charge in [-0.1, -0.05) is 11.6 Å². The standard InChI is InChI=1S/C13H17ClN2O4S/c1-21(18,19)16-9-4-5-11(12(14)7-9)13(17)15-8-10-3-2-6-20-10/h4-5,7,10,16H,2-3,6,8H2,1H3,(H,15,17)/t10-/m0/s1. The van der Waals surface area contributed by atoms with Gasteiger partial charge in [0.1, 0.15) is 0 Å². The first kappa shape index (κ1) is 16.1. The third-order valence-electron chi connectivity index (χ3n) is 3.03. The van der Waals surface area contributed by atoms with Crippen LogP contribution in [0.4, 0.5) is 5.69 Å². The molecule has 0 saturated carbocycles. The summed E-state index contributed by atoms with van der Waals surface area (Å²) in [5, 5.41) is 2.95. The summed E-state index contributed by atoms with van der Waals surface area (Å²) in [6.45, 7) is 1.17. The molecule has 1 aliphatic rings. The van der Waals surface area contributed by atoms with Crippen LogP contribution >= 0.6 is 11.6 Å². The molecule has 1 saturated heterocycles. The molecule has 1 heterocycles. The lowest BCUT2D eigenvalue weighted by atomic mass is 10.2. The number of sulfonamides is 1. The molecule has 1 fully saturated rings. The molecule has 1 atom stereocenters. The topological polar surface area (TPSA) is 84.5 Å². The van der Waals surface area contributed by atoms with Crippen LogP contribution in [0.1, 0.15) is 23.2 Å². The van der Waals surface area contributed by atoms with Gasteiger partial charge < -0.3 is 10.1 Å². The van der Waals surface area contributed by atoms with Crippen molar-refractivity contribution in [3.63, 3.8) is 0 Å². The molecule has 0 spiro atoms. The number of amides is 1. The smallest absolute Gasteiger partial charge is 0.252 e. The number of anilines is 1. The summed E-state index contributed by atoms with van der Waals surface area (Å²) in [4.78, 5) is 12.0. The predicted octanol–water partition coefficient (Wildman–Crippen LogP) is 1.62.